The average molecular weight is 479 g/mol. The van der Waals surface area contributed by atoms with Gasteiger partial charge in [0.05, 0.1) is 11.1 Å². The smallest absolute Gasteiger partial charge is 0.369 e. The van der Waals surface area contributed by atoms with Gasteiger partial charge in [-0.3, -0.25) is 0 Å². The molecule has 0 bridgehead atoms. The number of hydrogen-bond donors (Lipinski definition) is 2. The lowest BCUT2D eigenvalue weighted by Crippen LogP contribution is -2.26. The van der Waals surface area contributed by atoms with Crippen LogP contribution in [-0.4, -0.2) is 46.0 Å². The van der Waals surface area contributed by atoms with Crippen molar-refractivity contribution in [3.05, 3.63) is 72.6 Å². The van der Waals surface area contributed by atoms with Gasteiger partial charge in [0.15, 0.2) is 0 Å². The van der Waals surface area contributed by atoms with Crippen molar-refractivity contribution < 1.29 is 13.2 Å². The molecule has 3 heterocycles. The van der Waals surface area contributed by atoms with Gasteiger partial charge in [-0.15, -0.1) is 0 Å². The summed E-state index contributed by atoms with van der Waals surface area (Å²) in [6.07, 6.45) is 0.982. The largest absolute Gasteiger partial charge is 0.416 e. The van der Waals surface area contributed by atoms with Crippen LogP contribution in [-0.2, 0) is 6.18 Å². The first-order valence-electron chi connectivity index (χ1n) is 11.6. The number of rotatable bonds is 7. The van der Waals surface area contributed by atoms with Crippen LogP contribution in [0.2, 0.25) is 0 Å². The second-order valence-corrected chi connectivity index (χ2v) is 8.55. The number of fused-ring (bicyclic) bond motifs is 1. The zero-order chi connectivity index (χ0) is 24.3. The van der Waals surface area contributed by atoms with Crippen LogP contribution in [0.4, 0.5) is 30.6 Å². The molecule has 1 fully saturated rings. The summed E-state index contributed by atoms with van der Waals surface area (Å²) in [5.74, 6) is 0.989. The van der Waals surface area contributed by atoms with Gasteiger partial charge in [-0.2, -0.15) is 13.2 Å². The monoisotopic (exact) mass is 478 g/mol. The molecule has 1 aliphatic heterocycles. The number of nitrogens with zero attached hydrogens (tertiary/aromatic N) is 4. The molecule has 1 saturated heterocycles. The number of nitrogens with one attached hydrogen (secondary N) is 2. The minimum atomic E-state index is -4.49. The Balaban J connectivity index is 1.44. The fourth-order valence-electron chi connectivity index (χ4n) is 4.25. The standard InChI is InChI=1S/C26H25F3N6/c27-26(28,29)20-14-19-17-32-25(33-21-6-2-1-3-7-21)34-24(19)22(15-20)18-8-9-23(31-16-18)30-10-13-35-11-4-5-12-35/h1-3,6-9,14-17H,4-5,10-13H2,(H,30,31)(H,32,33,34). The van der Waals surface area contributed by atoms with E-state index in [2.05, 4.69) is 30.5 Å². The molecule has 0 unspecified atom stereocenters. The Morgan fingerprint density at radius 1 is 0.914 bits per heavy atom. The zero-order valence-electron chi connectivity index (χ0n) is 19.0. The zero-order valence-corrected chi connectivity index (χ0v) is 19.0. The quantitative estimate of drug-likeness (QED) is 0.342. The predicted molar refractivity (Wildman–Crippen MR) is 132 cm³/mol. The van der Waals surface area contributed by atoms with E-state index >= 15 is 0 Å². The Morgan fingerprint density at radius 3 is 2.43 bits per heavy atom. The molecule has 2 aromatic heterocycles. The Bertz CT molecular complexity index is 1290. The van der Waals surface area contributed by atoms with Crippen molar-refractivity contribution >= 4 is 28.4 Å². The van der Waals surface area contributed by atoms with E-state index in [4.69, 9.17) is 0 Å². The maximum Gasteiger partial charge on any atom is 0.416 e. The van der Waals surface area contributed by atoms with E-state index < -0.39 is 11.7 Å². The highest BCUT2D eigenvalue weighted by Crippen LogP contribution is 2.37. The van der Waals surface area contributed by atoms with Gasteiger partial charge >= 0.3 is 6.18 Å². The Morgan fingerprint density at radius 2 is 1.71 bits per heavy atom. The number of anilines is 3. The Hall–Kier alpha value is -3.72. The van der Waals surface area contributed by atoms with Crippen molar-refractivity contribution in [2.24, 2.45) is 0 Å². The second-order valence-electron chi connectivity index (χ2n) is 8.55. The minimum absolute atomic E-state index is 0.304. The van der Waals surface area contributed by atoms with Crippen LogP contribution in [0.3, 0.4) is 0 Å². The molecule has 5 rings (SSSR count). The van der Waals surface area contributed by atoms with Crippen LogP contribution in [0, 0.1) is 0 Å². The van der Waals surface area contributed by atoms with Crippen LogP contribution in [0.15, 0.2) is 67.0 Å². The molecule has 6 nitrogen and oxygen atoms in total. The molecule has 0 aliphatic carbocycles. The van der Waals surface area contributed by atoms with Crippen molar-refractivity contribution in [3.63, 3.8) is 0 Å². The highest BCUT2D eigenvalue weighted by Gasteiger charge is 2.32. The second kappa shape index (κ2) is 9.87. The fraction of sp³-hybridized carbons (Fsp3) is 0.269. The van der Waals surface area contributed by atoms with Crippen molar-refractivity contribution in [1.29, 1.82) is 0 Å². The molecule has 4 aromatic rings. The summed E-state index contributed by atoms with van der Waals surface area (Å²) in [5, 5.41) is 6.70. The highest BCUT2D eigenvalue weighted by atomic mass is 19.4. The normalized spacial score (nSPS) is 14.4. The predicted octanol–water partition coefficient (Wildman–Crippen LogP) is 5.96. The first-order valence-corrected chi connectivity index (χ1v) is 11.6. The van der Waals surface area contributed by atoms with E-state index in [0.717, 1.165) is 44.0 Å². The van der Waals surface area contributed by atoms with Crippen molar-refractivity contribution in [2.45, 2.75) is 19.0 Å². The van der Waals surface area contributed by atoms with Gasteiger partial charge in [-0.25, -0.2) is 15.0 Å². The van der Waals surface area contributed by atoms with Gasteiger partial charge in [-0.05, 0) is 62.3 Å². The van der Waals surface area contributed by atoms with Crippen LogP contribution in [0.1, 0.15) is 18.4 Å². The third-order valence-corrected chi connectivity index (χ3v) is 6.05. The number of aromatic nitrogens is 3. The summed E-state index contributed by atoms with van der Waals surface area (Å²) in [7, 11) is 0. The third kappa shape index (κ3) is 5.51. The molecular formula is C26H25F3N6. The third-order valence-electron chi connectivity index (χ3n) is 6.05. The van der Waals surface area contributed by atoms with E-state index in [9.17, 15) is 13.2 Å². The van der Waals surface area contributed by atoms with Gasteiger partial charge in [0.2, 0.25) is 5.95 Å². The summed E-state index contributed by atoms with van der Waals surface area (Å²) in [6.45, 7) is 3.95. The number of likely N-dealkylation sites (tertiary alicyclic amines) is 1. The van der Waals surface area contributed by atoms with E-state index in [1.54, 1.807) is 18.3 Å². The van der Waals surface area contributed by atoms with Gasteiger partial charge in [0.1, 0.15) is 5.82 Å². The average Bonchev–Trinajstić information content (AvgIpc) is 3.38. The lowest BCUT2D eigenvalue weighted by Gasteiger charge is -2.15. The summed E-state index contributed by atoms with van der Waals surface area (Å²) in [6, 6.07) is 15.1. The van der Waals surface area contributed by atoms with Crippen LogP contribution in [0.25, 0.3) is 22.0 Å². The molecule has 2 N–H and O–H groups in total. The molecule has 0 saturated carbocycles. The lowest BCUT2D eigenvalue weighted by atomic mass is 10.0. The number of alkyl halides is 3. The molecule has 35 heavy (non-hydrogen) atoms. The molecule has 1 aliphatic rings. The number of benzene rings is 2. The van der Waals surface area contributed by atoms with Crippen molar-refractivity contribution in [3.8, 4) is 11.1 Å². The molecule has 9 heteroatoms. The Labute approximate surface area is 201 Å². The summed E-state index contributed by atoms with van der Waals surface area (Å²) in [4.78, 5) is 15.6. The van der Waals surface area contributed by atoms with Crippen LogP contribution < -0.4 is 10.6 Å². The molecule has 2 aromatic carbocycles. The fourth-order valence-corrected chi connectivity index (χ4v) is 4.25. The van der Waals surface area contributed by atoms with Crippen LogP contribution >= 0.6 is 0 Å². The molecule has 180 valence electrons. The first kappa shape index (κ1) is 23.0. The minimum Gasteiger partial charge on any atom is -0.369 e. The van der Waals surface area contributed by atoms with Gasteiger partial charge in [0, 0.05) is 47.7 Å². The summed E-state index contributed by atoms with van der Waals surface area (Å²) in [5.41, 5.74) is 1.36. The SMILES string of the molecule is FC(F)(F)c1cc(-c2ccc(NCCN3CCCC3)nc2)c2nc(Nc3ccccc3)ncc2c1. The number of hydrogen-bond acceptors (Lipinski definition) is 6. The van der Waals surface area contributed by atoms with Crippen molar-refractivity contribution in [2.75, 3.05) is 36.8 Å². The molecule has 0 radical (unpaired) electrons. The summed E-state index contributed by atoms with van der Waals surface area (Å²) >= 11 is 0. The van der Waals surface area contributed by atoms with E-state index in [0.29, 0.717) is 33.8 Å². The molecule has 0 atom stereocenters. The molecule has 0 amide bonds. The van der Waals surface area contributed by atoms with Gasteiger partial charge in [-0.1, -0.05) is 18.2 Å². The lowest BCUT2D eigenvalue weighted by molar-refractivity contribution is -0.137. The van der Waals surface area contributed by atoms with Gasteiger partial charge in [0.25, 0.3) is 0 Å². The molecule has 0 spiro atoms. The Kier molecular flexibility index (Phi) is 6.50. The topological polar surface area (TPSA) is 66.0 Å². The molecular weight excluding hydrogens is 453 g/mol. The number of para-hydroxylation sites is 1. The van der Waals surface area contributed by atoms with E-state index in [1.807, 2.05) is 30.3 Å². The number of halogens is 3. The van der Waals surface area contributed by atoms with Crippen LogP contribution in [0.5, 0.6) is 0 Å². The van der Waals surface area contributed by atoms with E-state index in [1.165, 1.54) is 19.0 Å². The summed E-state index contributed by atoms with van der Waals surface area (Å²) < 4.78 is 40.9. The van der Waals surface area contributed by atoms with Crippen molar-refractivity contribution in [1.82, 2.24) is 19.9 Å². The highest BCUT2D eigenvalue weighted by molar-refractivity contribution is 5.94. The first-order chi connectivity index (χ1) is 17.0. The maximum atomic E-state index is 13.6. The van der Waals surface area contributed by atoms with E-state index in [-0.39, 0.29) is 0 Å². The number of pyridine rings is 1. The maximum absolute atomic E-state index is 13.6. The van der Waals surface area contributed by atoms with Gasteiger partial charge < -0.3 is 15.5 Å².